The molecule has 2 N–H and O–H groups in total. The normalized spacial score (nSPS) is 9.20. The second-order valence-electron chi connectivity index (χ2n) is 2.11. The largest absolute Gasteiger partial charge is 0.399 e. The Morgan fingerprint density at radius 1 is 1.30 bits per heavy atom. The SMILES string of the molecule is Nc1ccc(CC=S)cc1. The number of hydrogen-bond donors (Lipinski definition) is 1. The van der Waals surface area contributed by atoms with Crippen molar-refractivity contribution in [1.82, 2.24) is 0 Å². The van der Waals surface area contributed by atoms with Crippen LogP contribution in [0.2, 0.25) is 0 Å². The predicted octanol–water partition coefficient (Wildman–Crippen LogP) is 1.81. The molecule has 0 aromatic heterocycles. The molecule has 0 aliphatic carbocycles. The summed E-state index contributed by atoms with van der Waals surface area (Å²) in [6.45, 7) is 0. The number of nitrogen functional groups attached to an aromatic ring is 1. The van der Waals surface area contributed by atoms with Crippen LogP contribution in [0.1, 0.15) is 5.56 Å². The van der Waals surface area contributed by atoms with Crippen molar-refractivity contribution in [2.45, 2.75) is 6.42 Å². The monoisotopic (exact) mass is 151 g/mol. The van der Waals surface area contributed by atoms with Crippen LogP contribution in [0.25, 0.3) is 0 Å². The number of rotatable bonds is 2. The Kier molecular flexibility index (Phi) is 2.40. The summed E-state index contributed by atoms with van der Waals surface area (Å²) < 4.78 is 0. The van der Waals surface area contributed by atoms with Gasteiger partial charge in [-0.25, -0.2) is 0 Å². The Balaban J connectivity index is 2.78. The lowest BCUT2D eigenvalue weighted by atomic mass is 10.2. The quantitative estimate of drug-likeness (QED) is 0.515. The minimum absolute atomic E-state index is 0.799. The maximum absolute atomic E-state index is 5.49. The van der Waals surface area contributed by atoms with E-state index in [9.17, 15) is 0 Å². The highest BCUT2D eigenvalue weighted by Crippen LogP contribution is 2.04. The van der Waals surface area contributed by atoms with Gasteiger partial charge < -0.3 is 5.73 Å². The topological polar surface area (TPSA) is 26.0 Å². The van der Waals surface area contributed by atoms with E-state index in [0.29, 0.717) is 0 Å². The first-order chi connectivity index (χ1) is 4.83. The Morgan fingerprint density at radius 2 is 1.90 bits per heavy atom. The van der Waals surface area contributed by atoms with Gasteiger partial charge in [0.1, 0.15) is 0 Å². The maximum atomic E-state index is 5.49. The lowest BCUT2D eigenvalue weighted by Crippen LogP contribution is -1.86. The third kappa shape index (κ3) is 1.81. The van der Waals surface area contributed by atoms with Crippen LogP contribution in [0.5, 0.6) is 0 Å². The fourth-order valence-corrected chi connectivity index (χ4v) is 0.942. The molecule has 0 atom stereocenters. The molecule has 0 bridgehead atoms. The third-order valence-electron chi connectivity index (χ3n) is 1.30. The molecule has 52 valence electrons. The molecule has 10 heavy (non-hydrogen) atoms. The van der Waals surface area contributed by atoms with Crippen LogP contribution in [0, 0.1) is 0 Å². The molecule has 0 saturated carbocycles. The van der Waals surface area contributed by atoms with Gasteiger partial charge in [-0.05, 0) is 23.1 Å². The second kappa shape index (κ2) is 3.32. The van der Waals surface area contributed by atoms with E-state index >= 15 is 0 Å². The Bertz CT molecular complexity index is 215. The van der Waals surface area contributed by atoms with Crippen LogP contribution in [0.4, 0.5) is 5.69 Å². The molecule has 0 spiro atoms. The summed E-state index contributed by atoms with van der Waals surface area (Å²) in [5, 5.41) is 1.71. The summed E-state index contributed by atoms with van der Waals surface area (Å²) in [5.74, 6) is 0. The highest BCUT2D eigenvalue weighted by molar-refractivity contribution is 7.78. The van der Waals surface area contributed by atoms with Crippen molar-refractivity contribution in [3.05, 3.63) is 29.8 Å². The summed E-state index contributed by atoms with van der Waals surface area (Å²) >= 11 is 4.71. The molecule has 0 aliphatic heterocycles. The van der Waals surface area contributed by atoms with Crippen LogP contribution >= 0.6 is 12.2 Å². The van der Waals surface area contributed by atoms with E-state index in [0.717, 1.165) is 12.1 Å². The first kappa shape index (κ1) is 7.22. The van der Waals surface area contributed by atoms with Gasteiger partial charge in [-0.15, -0.1) is 0 Å². The first-order valence-electron chi connectivity index (χ1n) is 3.11. The lowest BCUT2D eigenvalue weighted by Gasteiger charge is -1.94. The number of benzene rings is 1. The highest BCUT2D eigenvalue weighted by Gasteiger charge is 1.87. The number of nitrogens with two attached hydrogens (primary N) is 1. The Labute approximate surface area is 65.9 Å². The van der Waals surface area contributed by atoms with E-state index in [2.05, 4.69) is 0 Å². The van der Waals surface area contributed by atoms with Crippen LogP contribution in [0.3, 0.4) is 0 Å². The van der Waals surface area contributed by atoms with E-state index in [1.54, 1.807) is 5.37 Å². The van der Waals surface area contributed by atoms with Gasteiger partial charge in [0, 0.05) is 12.1 Å². The maximum Gasteiger partial charge on any atom is 0.0314 e. The molecule has 1 aromatic carbocycles. The van der Waals surface area contributed by atoms with Gasteiger partial charge in [0.2, 0.25) is 0 Å². The molecular formula is C8H9NS. The average Bonchev–Trinajstić information content (AvgIpc) is 1.95. The molecule has 0 aliphatic rings. The zero-order chi connectivity index (χ0) is 7.40. The van der Waals surface area contributed by atoms with Crippen molar-refractivity contribution in [2.75, 3.05) is 5.73 Å². The van der Waals surface area contributed by atoms with Crippen LogP contribution in [-0.4, -0.2) is 5.37 Å². The smallest absolute Gasteiger partial charge is 0.0314 e. The van der Waals surface area contributed by atoms with E-state index in [1.807, 2.05) is 24.3 Å². The molecule has 1 aromatic rings. The highest BCUT2D eigenvalue weighted by atomic mass is 32.1. The minimum atomic E-state index is 0.799. The third-order valence-corrected chi connectivity index (χ3v) is 1.47. The van der Waals surface area contributed by atoms with Gasteiger partial charge in [0.15, 0.2) is 0 Å². The second-order valence-corrected chi connectivity index (χ2v) is 2.45. The zero-order valence-corrected chi connectivity index (χ0v) is 6.40. The van der Waals surface area contributed by atoms with Gasteiger partial charge >= 0.3 is 0 Å². The van der Waals surface area contributed by atoms with E-state index in [1.165, 1.54) is 5.56 Å². The number of thiocarbonyl (C=S) groups is 1. The van der Waals surface area contributed by atoms with E-state index in [4.69, 9.17) is 18.0 Å². The van der Waals surface area contributed by atoms with Gasteiger partial charge in [-0.2, -0.15) is 0 Å². The number of hydrogen-bond acceptors (Lipinski definition) is 2. The molecule has 0 fully saturated rings. The molecule has 1 rings (SSSR count). The molecule has 0 heterocycles. The number of anilines is 1. The molecule has 1 nitrogen and oxygen atoms in total. The van der Waals surface area contributed by atoms with Crippen LogP contribution in [-0.2, 0) is 6.42 Å². The van der Waals surface area contributed by atoms with Gasteiger partial charge in [-0.1, -0.05) is 24.4 Å². The fourth-order valence-electron chi connectivity index (χ4n) is 0.750. The van der Waals surface area contributed by atoms with Gasteiger partial charge in [0.25, 0.3) is 0 Å². The van der Waals surface area contributed by atoms with Crippen molar-refractivity contribution in [2.24, 2.45) is 0 Å². The van der Waals surface area contributed by atoms with Crippen LogP contribution in [0.15, 0.2) is 24.3 Å². The molecule has 0 unspecified atom stereocenters. The van der Waals surface area contributed by atoms with Gasteiger partial charge in [-0.3, -0.25) is 0 Å². The molecule has 0 radical (unpaired) electrons. The summed E-state index contributed by atoms with van der Waals surface area (Å²) in [4.78, 5) is 0. The molecular weight excluding hydrogens is 142 g/mol. The van der Waals surface area contributed by atoms with E-state index < -0.39 is 0 Å². The van der Waals surface area contributed by atoms with Crippen molar-refractivity contribution < 1.29 is 0 Å². The van der Waals surface area contributed by atoms with Crippen molar-refractivity contribution in [3.8, 4) is 0 Å². The average molecular weight is 151 g/mol. The first-order valence-corrected chi connectivity index (χ1v) is 3.58. The van der Waals surface area contributed by atoms with E-state index in [-0.39, 0.29) is 0 Å². The summed E-state index contributed by atoms with van der Waals surface area (Å²) in [7, 11) is 0. The summed E-state index contributed by atoms with van der Waals surface area (Å²) in [5.41, 5.74) is 7.50. The fraction of sp³-hybridized carbons (Fsp3) is 0.125. The summed E-state index contributed by atoms with van der Waals surface area (Å²) in [6.07, 6.45) is 0.843. The zero-order valence-electron chi connectivity index (χ0n) is 5.58. The van der Waals surface area contributed by atoms with Crippen molar-refractivity contribution in [1.29, 1.82) is 0 Å². The van der Waals surface area contributed by atoms with Crippen molar-refractivity contribution >= 4 is 23.3 Å². The van der Waals surface area contributed by atoms with Crippen molar-refractivity contribution in [3.63, 3.8) is 0 Å². The molecule has 0 saturated heterocycles. The lowest BCUT2D eigenvalue weighted by molar-refractivity contribution is 1.38. The minimum Gasteiger partial charge on any atom is -0.399 e. The Morgan fingerprint density at radius 3 is 2.40 bits per heavy atom. The standard InChI is InChI=1S/C8H9NS/c9-8-3-1-7(2-4-8)5-6-10/h1-4,6H,5,9H2. The van der Waals surface area contributed by atoms with Gasteiger partial charge in [0.05, 0.1) is 0 Å². The Hall–Kier alpha value is -0.890. The van der Waals surface area contributed by atoms with Crippen LogP contribution < -0.4 is 5.73 Å². The predicted molar refractivity (Wildman–Crippen MR) is 48.2 cm³/mol. The molecule has 0 amide bonds. The molecule has 2 heteroatoms. The summed E-state index contributed by atoms with van der Waals surface area (Å²) in [6, 6.07) is 7.73.